The summed E-state index contributed by atoms with van der Waals surface area (Å²) in [6, 6.07) is 20.9. The Labute approximate surface area is 173 Å². The van der Waals surface area contributed by atoms with E-state index in [1.54, 1.807) is 55.6 Å². The molecule has 0 spiro atoms. The van der Waals surface area contributed by atoms with Crippen LogP contribution in [0.15, 0.2) is 72.8 Å². The first kappa shape index (κ1) is 19.7. The highest BCUT2D eigenvalue weighted by atomic mass is 35.5. The average molecular weight is 413 g/mol. The molecule has 0 unspecified atom stereocenters. The van der Waals surface area contributed by atoms with Crippen molar-refractivity contribution in [2.45, 2.75) is 0 Å². The lowest BCUT2D eigenvalue weighted by molar-refractivity contribution is 0.102. The van der Waals surface area contributed by atoms with Gasteiger partial charge in [0.05, 0.1) is 7.11 Å². The molecule has 2 N–H and O–H groups in total. The van der Waals surface area contributed by atoms with Crippen LogP contribution in [0.25, 0.3) is 0 Å². The summed E-state index contributed by atoms with van der Waals surface area (Å²) >= 11 is 11.0. The molecule has 0 heterocycles. The third-order valence-electron chi connectivity index (χ3n) is 3.77. The van der Waals surface area contributed by atoms with Crippen molar-refractivity contribution in [3.63, 3.8) is 0 Å². The Morgan fingerprint density at radius 3 is 1.96 bits per heavy atom. The third kappa shape index (κ3) is 5.45. The van der Waals surface area contributed by atoms with E-state index in [0.29, 0.717) is 22.0 Å². The molecule has 0 bridgehead atoms. The Kier molecular flexibility index (Phi) is 6.47. The topological polar surface area (TPSA) is 59.6 Å². The summed E-state index contributed by atoms with van der Waals surface area (Å²) in [7, 11) is 1.61. The van der Waals surface area contributed by atoms with Crippen molar-refractivity contribution in [2.24, 2.45) is 0 Å². The summed E-state index contributed by atoms with van der Waals surface area (Å²) in [6.45, 7) is 0. The number of nitrogens with one attached hydrogen (secondary N) is 2. The largest absolute Gasteiger partial charge is 0.497 e. The highest BCUT2D eigenvalue weighted by Gasteiger charge is 2.08. The first-order valence-corrected chi connectivity index (χ1v) is 9.12. The lowest BCUT2D eigenvalue weighted by Gasteiger charge is -2.10. The number of carbonyl (C=O) groups is 1. The lowest BCUT2D eigenvalue weighted by atomic mass is 10.2. The van der Waals surface area contributed by atoms with Crippen LogP contribution in [-0.4, -0.2) is 18.2 Å². The molecule has 3 aromatic carbocycles. The molecule has 0 aliphatic rings. The molecule has 0 radical (unpaired) electrons. The van der Waals surface area contributed by atoms with E-state index >= 15 is 0 Å². The number of thiocarbonyl (C=S) groups is 1. The Hall–Kier alpha value is -3.09. The van der Waals surface area contributed by atoms with Gasteiger partial charge in [0.25, 0.3) is 11.1 Å². The molecule has 0 aromatic heterocycles. The van der Waals surface area contributed by atoms with E-state index in [2.05, 4.69) is 10.6 Å². The summed E-state index contributed by atoms with van der Waals surface area (Å²) in [5.41, 5.74) is 1.95. The molecule has 28 heavy (non-hydrogen) atoms. The molecule has 0 aliphatic carbocycles. The van der Waals surface area contributed by atoms with Crippen molar-refractivity contribution in [1.29, 1.82) is 0 Å². The van der Waals surface area contributed by atoms with Crippen LogP contribution in [0.2, 0.25) is 5.02 Å². The Morgan fingerprint density at radius 2 is 1.36 bits per heavy atom. The van der Waals surface area contributed by atoms with Gasteiger partial charge in [-0.25, -0.2) is 0 Å². The second kappa shape index (κ2) is 9.21. The van der Waals surface area contributed by atoms with Gasteiger partial charge in [0.2, 0.25) is 0 Å². The molecule has 7 heteroatoms. The minimum absolute atomic E-state index is 0.198. The molecule has 3 rings (SSSR count). The molecule has 0 atom stereocenters. The maximum absolute atomic E-state index is 12.3. The van der Waals surface area contributed by atoms with Gasteiger partial charge in [0.1, 0.15) is 11.5 Å². The summed E-state index contributed by atoms with van der Waals surface area (Å²) in [5, 5.41) is 6.59. The smallest absolute Gasteiger partial charge is 0.266 e. The van der Waals surface area contributed by atoms with Crippen molar-refractivity contribution < 1.29 is 14.3 Å². The van der Waals surface area contributed by atoms with E-state index < -0.39 is 0 Å². The predicted octanol–water partition coefficient (Wildman–Crippen LogP) is 5.38. The van der Waals surface area contributed by atoms with Crippen LogP contribution in [-0.2, 0) is 0 Å². The second-order valence-corrected chi connectivity index (χ2v) is 6.54. The number of ether oxygens (including phenoxy) is 2. The predicted molar refractivity (Wildman–Crippen MR) is 116 cm³/mol. The third-order valence-corrected chi connectivity index (χ3v) is 4.20. The van der Waals surface area contributed by atoms with E-state index in [0.717, 1.165) is 11.4 Å². The van der Waals surface area contributed by atoms with Gasteiger partial charge >= 0.3 is 0 Å². The standard InChI is InChI=1S/C21H17ClN2O3S/c1-26-18-12-8-17(9-13-18)24-21(28)27-19-10-2-14(3-11-19)20(25)23-16-6-4-15(22)5-7-16/h2-13H,1H3,(H,23,25)(H,24,28). The first-order chi connectivity index (χ1) is 13.5. The van der Waals surface area contributed by atoms with E-state index in [-0.39, 0.29) is 11.1 Å². The molecule has 0 saturated heterocycles. The summed E-state index contributed by atoms with van der Waals surface area (Å²) in [6.07, 6.45) is 0. The number of amides is 1. The van der Waals surface area contributed by atoms with E-state index in [9.17, 15) is 4.79 Å². The molecule has 0 saturated carbocycles. The number of benzene rings is 3. The number of halogens is 1. The summed E-state index contributed by atoms with van der Waals surface area (Å²) in [4.78, 5) is 12.3. The average Bonchev–Trinajstić information content (AvgIpc) is 2.71. The lowest BCUT2D eigenvalue weighted by Crippen LogP contribution is -2.16. The highest BCUT2D eigenvalue weighted by molar-refractivity contribution is 7.80. The zero-order valence-corrected chi connectivity index (χ0v) is 16.5. The summed E-state index contributed by atoms with van der Waals surface area (Å²) in [5.74, 6) is 1.05. The fraction of sp³-hybridized carbons (Fsp3) is 0.0476. The number of carbonyl (C=O) groups excluding carboxylic acids is 1. The van der Waals surface area contributed by atoms with Gasteiger partial charge in [0.15, 0.2) is 0 Å². The molecular weight excluding hydrogens is 396 g/mol. The van der Waals surface area contributed by atoms with Gasteiger partial charge in [-0.3, -0.25) is 4.79 Å². The van der Waals surface area contributed by atoms with Crippen LogP contribution in [0.4, 0.5) is 11.4 Å². The van der Waals surface area contributed by atoms with Gasteiger partial charge in [-0.15, -0.1) is 0 Å². The van der Waals surface area contributed by atoms with Gasteiger partial charge in [0, 0.05) is 22.0 Å². The Bertz CT molecular complexity index is 958. The maximum atomic E-state index is 12.3. The fourth-order valence-electron chi connectivity index (χ4n) is 2.34. The van der Waals surface area contributed by atoms with Crippen LogP contribution >= 0.6 is 23.8 Å². The van der Waals surface area contributed by atoms with Crippen molar-refractivity contribution in [1.82, 2.24) is 0 Å². The zero-order chi connectivity index (χ0) is 19.9. The molecule has 5 nitrogen and oxygen atoms in total. The van der Waals surface area contributed by atoms with Crippen LogP contribution in [0.5, 0.6) is 11.5 Å². The first-order valence-electron chi connectivity index (χ1n) is 8.33. The highest BCUT2D eigenvalue weighted by Crippen LogP contribution is 2.18. The van der Waals surface area contributed by atoms with E-state index in [1.165, 1.54) is 0 Å². The number of anilines is 2. The summed E-state index contributed by atoms with van der Waals surface area (Å²) < 4.78 is 10.7. The number of methoxy groups -OCH3 is 1. The van der Waals surface area contributed by atoms with E-state index in [1.807, 2.05) is 24.3 Å². The van der Waals surface area contributed by atoms with Crippen molar-refractivity contribution in [3.8, 4) is 11.5 Å². The molecular formula is C21H17ClN2O3S. The zero-order valence-electron chi connectivity index (χ0n) is 14.9. The second-order valence-electron chi connectivity index (χ2n) is 5.73. The van der Waals surface area contributed by atoms with Gasteiger partial charge < -0.3 is 20.1 Å². The Balaban J connectivity index is 1.56. The van der Waals surface area contributed by atoms with Crippen molar-refractivity contribution >= 4 is 46.3 Å². The minimum atomic E-state index is -0.229. The normalized spacial score (nSPS) is 10.1. The van der Waals surface area contributed by atoms with E-state index in [4.69, 9.17) is 33.3 Å². The molecule has 1 amide bonds. The molecule has 0 aliphatic heterocycles. The quantitative estimate of drug-likeness (QED) is 0.551. The van der Waals surface area contributed by atoms with Crippen LogP contribution in [0.1, 0.15) is 10.4 Å². The SMILES string of the molecule is COc1ccc(NC(=S)Oc2ccc(C(=O)Nc3ccc(Cl)cc3)cc2)cc1. The van der Waals surface area contributed by atoms with Crippen LogP contribution < -0.4 is 20.1 Å². The number of rotatable bonds is 5. The van der Waals surface area contributed by atoms with Crippen molar-refractivity contribution in [3.05, 3.63) is 83.4 Å². The van der Waals surface area contributed by atoms with Crippen LogP contribution in [0.3, 0.4) is 0 Å². The van der Waals surface area contributed by atoms with Crippen LogP contribution in [0, 0.1) is 0 Å². The molecule has 142 valence electrons. The van der Waals surface area contributed by atoms with Gasteiger partial charge in [-0.05, 0) is 85.0 Å². The number of hydrogen-bond acceptors (Lipinski definition) is 4. The van der Waals surface area contributed by atoms with Gasteiger partial charge in [-0.1, -0.05) is 11.6 Å². The monoisotopic (exact) mass is 412 g/mol. The van der Waals surface area contributed by atoms with Gasteiger partial charge in [-0.2, -0.15) is 0 Å². The maximum Gasteiger partial charge on any atom is 0.266 e. The number of hydrogen-bond donors (Lipinski definition) is 2. The van der Waals surface area contributed by atoms with Crippen molar-refractivity contribution in [2.75, 3.05) is 17.7 Å². The Morgan fingerprint density at radius 1 is 0.821 bits per heavy atom. The molecule has 0 fully saturated rings. The minimum Gasteiger partial charge on any atom is -0.497 e. The fourth-order valence-corrected chi connectivity index (χ4v) is 2.68. The molecule has 3 aromatic rings.